The maximum absolute atomic E-state index is 5.51. The molecule has 2 nitrogen and oxygen atoms in total. The topological polar surface area (TPSA) is 18.5 Å². The van der Waals surface area contributed by atoms with E-state index in [0.717, 1.165) is 22.6 Å². The van der Waals surface area contributed by atoms with E-state index in [1.54, 1.807) is 14.2 Å². The Morgan fingerprint density at radius 2 is 0.632 bits per heavy atom. The van der Waals surface area contributed by atoms with E-state index in [1.165, 1.54) is 44.2 Å². The van der Waals surface area contributed by atoms with E-state index in [-0.39, 0.29) is 0 Å². The first-order chi connectivity index (χ1) is 18.8. The van der Waals surface area contributed by atoms with E-state index in [9.17, 15) is 0 Å². The van der Waals surface area contributed by atoms with Gasteiger partial charge in [0.05, 0.1) is 14.2 Å². The van der Waals surface area contributed by atoms with Crippen molar-refractivity contribution in [3.05, 3.63) is 133 Å². The first-order valence-corrected chi connectivity index (χ1v) is 12.8. The molecule has 2 heteroatoms. The normalized spacial score (nSPS) is 10.9. The van der Waals surface area contributed by atoms with Crippen molar-refractivity contribution in [1.82, 2.24) is 0 Å². The minimum Gasteiger partial charge on any atom is -0.497 e. The average Bonchev–Trinajstić information content (AvgIpc) is 3.01. The molecule has 6 rings (SSSR count). The molecule has 0 radical (unpaired) electrons. The Labute approximate surface area is 223 Å². The van der Waals surface area contributed by atoms with Crippen LogP contribution in [-0.4, -0.2) is 14.2 Å². The molecule has 0 bridgehead atoms. The third kappa shape index (κ3) is 4.21. The first-order valence-electron chi connectivity index (χ1n) is 12.8. The Balaban J connectivity index is 1.83. The van der Waals surface area contributed by atoms with Gasteiger partial charge in [-0.15, -0.1) is 0 Å². The van der Waals surface area contributed by atoms with E-state index in [4.69, 9.17) is 9.47 Å². The Kier molecular flexibility index (Phi) is 6.37. The molecule has 0 unspecified atom stereocenters. The number of fused-ring (bicyclic) bond motifs is 1. The van der Waals surface area contributed by atoms with Crippen molar-refractivity contribution in [3.8, 4) is 56.0 Å². The summed E-state index contributed by atoms with van der Waals surface area (Å²) in [6, 6.07) is 47.0. The van der Waals surface area contributed by atoms with Crippen LogP contribution in [0.5, 0.6) is 11.5 Å². The number of hydrogen-bond acceptors (Lipinski definition) is 2. The predicted molar refractivity (Wildman–Crippen MR) is 159 cm³/mol. The second-order valence-electron chi connectivity index (χ2n) is 9.23. The summed E-state index contributed by atoms with van der Waals surface area (Å²) in [6.45, 7) is 0. The second-order valence-corrected chi connectivity index (χ2v) is 9.23. The maximum atomic E-state index is 5.51. The molecule has 0 saturated heterocycles. The fraction of sp³-hybridized carbons (Fsp3) is 0.0556. The molecule has 0 spiro atoms. The van der Waals surface area contributed by atoms with E-state index >= 15 is 0 Å². The van der Waals surface area contributed by atoms with Gasteiger partial charge in [0, 0.05) is 0 Å². The Morgan fingerprint density at radius 1 is 0.316 bits per heavy atom. The number of methoxy groups -OCH3 is 2. The summed E-state index contributed by atoms with van der Waals surface area (Å²) in [7, 11) is 3.41. The van der Waals surface area contributed by atoms with Crippen LogP contribution in [-0.2, 0) is 0 Å². The first kappa shape index (κ1) is 23.6. The van der Waals surface area contributed by atoms with Crippen molar-refractivity contribution >= 4 is 10.8 Å². The Hall–Kier alpha value is -4.82. The van der Waals surface area contributed by atoms with Gasteiger partial charge in [-0.2, -0.15) is 0 Å². The van der Waals surface area contributed by atoms with Gasteiger partial charge in [-0.25, -0.2) is 0 Å². The fourth-order valence-corrected chi connectivity index (χ4v) is 5.34. The predicted octanol–water partition coefficient (Wildman–Crippen LogP) is 9.52. The van der Waals surface area contributed by atoms with E-state index in [2.05, 4.69) is 109 Å². The van der Waals surface area contributed by atoms with Gasteiger partial charge in [0.1, 0.15) is 11.5 Å². The zero-order valence-electron chi connectivity index (χ0n) is 21.5. The number of benzene rings is 6. The summed E-state index contributed by atoms with van der Waals surface area (Å²) in [6.07, 6.45) is 0. The van der Waals surface area contributed by atoms with Crippen LogP contribution < -0.4 is 9.47 Å². The zero-order valence-corrected chi connectivity index (χ0v) is 21.5. The minimum atomic E-state index is 0.840. The van der Waals surface area contributed by atoms with Gasteiger partial charge in [0.15, 0.2) is 0 Å². The minimum absolute atomic E-state index is 0.840. The van der Waals surface area contributed by atoms with Crippen molar-refractivity contribution in [2.24, 2.45) is 0 Å². The monoisotopic (exact) mass is 492 g/mol. The van der Waals surface area contributed by atoms with Crippen LogP contribution in [0.25, 0.3) is 55.3 Å². The SMILES string of the molecule is COc1ccc(-c2c(-c3ccccc3)c(-c3ccc(OC)cc3)c3ccccc3c2-c2ccccc2)cc1. The lowest BCUT2D eigenvalue weighted by atomic mass is 9.79. The molecule has 0 atom stereocenters. The van der Waals surface area contributed by atoms with Gasteiger partial charge >= 0.3 is 0 Å². The largest absolute Gasteiger partial charge is 0.497 e. The molecule has 184 valence electrons. The summed E-state index contributed by atoms with van der Waals surface area (Å²) in [5.74, 6) is 1.68. The molecule has 0 N–H and O–H groups in total. The summed E-state index contributed by atoms with van der Waals surface area (Å²) >= 11 is 0. The van der Waals surface area contributed by atoms with Crippen molar-refractivity contribution in [2.45, 2.75) is 0 Å². The molecule has 0 heterocycles. The van der Waals surface area contributed by atoms with Gasteiger partial charge in [0.25, 0.3) is 0 Å². The standard InChI is InChI=1S/C36H28O2/c1-37-29-21-17-27(18-22-29)34-32-16-10-9-15-31(32)33(25-11-5-3-6-12-25)36(28-19-23-30(38-2)24-20-28)35(34)26-13-7-4-8-14-26/h3-24H,1-2H3. The van der Waals surface area contributed by atoms with Gasteiger partial charge in [-0.05, 0) is 79.5 Å². The molecule has 0 saturated carbocycles. The lowest BCUT2D eigenvalue weighted by Crippen LogP contribution is -1.97. The highest BCUT2D eigenvalue weighted by Gasteiger charge is 2.23. The highest BCUT2D eigenvalue weighted by Crippen LogP contribution is 2.50. The number of hydrogen-bond donors (Lipinski definition) is 0. The molecular formula is C36H28O2. The van der Waals surface area contributed by atoms with Crippen LogP contribution in [0.15, 0.2) is 133 Å². The molecule has 0 aliphatic rings. The summed E-state index contributed by atoms with van der Waals surface area (Å²) in [5, 5.41) is 2.43. The highest BCUT2D eigenvalue weighted by molar-refractivity contribution is 6.18. The lowest BCUT2D eigenvalue weighted by molar-refractivity contribution is 0.415. The third-order valence-corrected chi connectivity index (χ3v) is 7.10. The summed E-state index contributed by atoms with van der Waals surface area (Å²) < 4.78 is 11.0. The van der Waals surface area contributed by atoms with Gasteiger partial charge in [-0.3, -0.25) is 0 Å². The number of ether oxygens (including phenoxy) is 2. The Bertz CT molecular complexity index is 1690. The average molecular weight is 493 g/mol. The second kappa shape index (κ2) is 10.3. The Morgan fingerprint density at radius 3 is 1.03 bits per heavy atom. The molecular weight excluding hydrogens is 464 g/mol. The van der Waals surface area contributed by atoms with Crippen molar-refractivity contribution < 1.29 is 9.47 Å². The molecule has 6 aromatic rings. The molecule has 0 amide bonds. The van der Waals surface area contributed by atoms with E-state index < -0.39 is 0 Å². The molecule has 0 aromatic heterocycles. The fourth-order valence-electron chi connectivity index (χ4n) is 5.34. The van der Waals surface area contributed by atoms with Crippen molar-refractivity contribution in [2.75, 3.05) is 14.2 Å². The van der Waals surface area contributed by atoms with Crippen LogP contribution in [0.2, 0.25) is 0 Å². The quantitative estimate of drug-likeness (QED) is 0.230. The van der Waals surface area contributed by atoms with Crippen LogP contribution in [0.1, 0.15) is 0 Å². The molecule has 0 aliphatic carbocycles. The smallest absolute Gasteiger partial charge is 0.118 e. The summed E-state index contributed by atoms with van der Waals surface area (Å²) in [5.41, 5.74) is 9.50. The van der Waals surface area contributed by atoms with Crippen LogP contribution >= 0.6 is 0 Å². The third-order valence-electron chi connectivity index (χ3n) is 7.10. The highest BCUT2D eigenvalue weighted by atomic mass is 16.5. The van der Waals surface area contributed by atoms with E-state index in [1.807, 2.05) is 24.3 Å². The molecule has 38 heavy (non-hydrogen) atoms. The molecule has 6 aromatic carbocycles. The van der Waals surface area contributed by atoms with Crippen molar-refractivity contribution in [3.63, 3.8) is 0 Å². The van der Waals surface area contributed by atoms with Crippen LogP contribution in [0, 0.1) is 0 Å². The van der Waals surface area contributed by atoms with Crippen LogP contribution in [0.4, 0.5) is 0 Å². The van der Waals surface area contributed by atoms with E-state index in [0.29, 0.717) is 0 Å². The van der Waals surface area contributed by atoms with Crippen molar-refractivity contribution in [1.29, 1.82) is 0 Å². The molecule has 0 fully saturated rings. The summed E-state index contributed by atoms with van der Waals surface area (Å²) in [4.78, 5) is 0. The van der Waals surface area contributed by atoms with Gasteiger partial charge in [-0.1, -0.05) is 109 Å². The lowest BCUT2D eigenvalue weighted by Gasteiger charge is -2.24. The zero-order chi connectivity index (χ0) is 25.9. The maximum Gasteiger partial charge on any atom is 0.118 e. The number of rotatable bonds is 6. The van der Waals surface area contributed by atoms with Gasteiger partial charge in [0.2, 0.25) is 0 Å². The van der Waals surface area contributed by atoms with Gasteiger partial charge < -0.3 is 9.47 Å². The molecule has 0 aliphatic heterocycles. The van der Waals surface area contributed by atoms with Crippen LogP contribution in [0.3, 0.4) is 0 Å².